The lowest BCUT2D eigenvalue weighted by atomic mass is 10.3. The first kappa shape index (κ1) is 10.6. The average Bonchev–Trinajstić information content (AvgIpc) is 2.31. The predicted octanol–water partition coefficient (Wildman–Crippen LogP) is 0.305. The standard InChI is InChI=1S/C11H12N2O3/c1-13-10(15)5-3-8-2-4-9(12-11(8)13)16-7-6-14/h2-5,14H,6-7H2,1H3. The van der Waals surface area contributed by atoms with Crippen molar-refractivity contribution in [3.05, 3.63) is 34.6 Å². The third kappa shape index (κ3) is 1.90. The van der Waals surface area contributed by atoms with Crippen molar-refractivity contribution in [1.29, 1.82) is 0 Å². The van der Waals surface area contributed by atoms with Crippen LogP contribution < -0.4 is 10.3 Å². The van der Waals surface area contributed by atoms with E-state index < -0.39 is 0 Å². The number of hydrogen-bond acceptors (Lipinski definition) is 4. The number of nitrogens with zero attached hydrogens (tertiary/aromatic N) is 2. The van der Waals surface area contributed by atoms with E-state index in [9.17, 15) is 4.79 Å². The second-order valence-corrected chi connectivity index (χ2v) is 3.36. The van der Waals surface area contributed by atoms with Gasteiger partial charge >= 0.3 is 0 Å². The van der Waals surface area contributed by atoms with Crippen molar-refractivity contribution in [1.82, 2.24) is 9.55 Å². The van der Waals surface area contributed by atoms with E-state index >= 15 is 0 Å². The predicted molar refractivity (Wildman–Crippen MR) is 59.6 cm³/mol. The van der Waals surface area contributed by atoms with Gasteiger partial charge in [0, 0.05) is 24.6 Å². The number of hydrogen-bond donors (Lipinski definition) is 1. The molecular formula is C11H12N2O3. The van der Waals surface area contributed by atoms with E-state index in [4.69, 9.17) is 9.84 Å². The molecule has 0 spiro atoms. The summed E-state index contributed by atoms with van der Waals surface area (Å²) in [5.41, 5.74) is 0.460. The van der Waals surface area contributed by atoms with Crippen LogP contribution >= 0.6 is 0 Å². The Kier molecular flexibility index (Phi) is 2.87. The average molecular weight is 220 g/mol. The Morgan fingerprint density at radius 1 is 1.38 bits per heavy atom. The van der Waals surface area contributed by atoms with Crippen LogP contribution in [0.15, 0.2) is 29.1 Å². The van der Waals surface area contributed by atoms with Gasteiger partial charge in [0.2, 0.25) is 5.88 Å². The van der Waals surface area contributed by atoms with Gasteiger partial charge in [0.05, 0.1) is 6.61 Å². The molecule has 0 saturated carbocycles. The summed E-state index contributed by atoms with van der Waals surface area (Å²) in [6.45, 7) is 0.132. The lowest BCUT2D eigenvalue weighted by Gasteiger charge is -2.06. The highest BCUT2D eigenvalue weighted by molar-refractivity contribution is 5.75. The second-order valence-electron chi connectivity index (χ2n) is 3.36. The third-order valence-electron chi connectivity index (χ3n) is 2.27. The molecule has 2 heterocycles. The second kappa shape index (κ2) is 4.32. The minimum Gasteiger partial charge on any atom is -0.475 e. The van der Waals surface area contributed by atoms with Gasteiger partial charge in [0.1, 0.15) is 12.3 Å². The summed E-state index contributed by atoms with van der Waals surface area (Å²) in [7, 11) is 1.66. The van der Waals surface area contributed by atoms with Gasteiger partial charge in [-0.3, -0.25) is 9.36 Å². The summed E-state index contributed by atoms with van der Waals surface area (Å²) in [6, 6.07) is 6.76. The molecule has 16 heavy (non-hydrogen) atoms. The lowest BCUT2D eigenvalue weighted by molar-refractivity contribution is 0.197. The molecule has 0 aliphatic rings. The highest BCUT2D eigenvalue weighted by Crippen LogP contribution is 2.14. The summed E-state index contributed by atoms with van der Waals surface area (Å²) in [5.74, 6) is 0.405. The topological polar surface area (TPSA) is 64.3 Å². The molecule has 2 rings (SSSR count). The molecule has 5 nitrogen and oxygen atoms in total. The highest BCUT2D eigenvalue weighted by Gasteiger charge is 2.02. The maximum absolute atomic E-state index is 11.4. The first-order valence-corrected chi connectivity index (χ1v) is 4.93. The molecule has 0 saturated heterocycles. The molecule has 2 aromatic rings. The number of aryl methyl sites for hydroxylation is 1. The van der Waals surface area contributed by atoms with Crippen LogP contribution in [0.1, 0.15) is 0 Å². The van der Waals surface area contributed by atoms with E-state index in [1.165, 1.54) is 10.6 Å². The third-order valence-corrected chi connectivity index (χ3v) is 2.27. The molecule has 0 bridgehead atoms. The monoisotopic (exact) mass is 220 g/mol. The number of aliphatic hydroxyl groups is 1. The minimum absolute atomic E-state index is 0.0621. The van der Waals surface area contributed by atoms with Crippen LogP contribution in [0.5, 0.6) is 5.88 Å². The van der Waals surface area contributed by atoms with Gasteiger partial charge in [-0.1, -0.05) is 0 Å². The molecule has 1 N–H and O–H groups in total. The summed E-state index contributed by atoms with van der Waals surface area (Å²) in [4.78, 5) is 15.6. The maximum atomic E-state index is 11.4. The molecule has 0 aliphatic carbocycles. The van der Waals surface area contributed by atoms with E-state index in [1.54, 1.807) is 19.2 Å². The van der Waals surface area contributed by atoms with Gasteiger partial charge in [-0.05, 0) is 12.1 Å². The number of pyridine rings is 2. The molecule has 0 fully saturated rings. The van der Waals surface area contributed by atoms with Crippen LogP contribution in [-0.4, -0.2) is 27.9 Å². The van der Waals surface area contributed by atoms with Crippen LogP contribution in [-0.2, 0) is 7.05 Å². The quantitative estimate of drug-likeness (QED) is 0.808. The molecule has 2 aromatic heterocycles. The molecule has 5 heteroatoms. The van der Waals surface area contributed by atoms with Crippen molar-refractivity contribution in [3.8, 4) is 5.88 Å². The smallest absolute Gasteiger partial charge is 0.251 e. The Balaban J connectivity index is 2.51. The fourth-order valence-electron chi connectivity index (χ4n) is 1.45. The molecule has 0 unspecified atom stereocenters. The summed E-state index contributed by atoms with van der Waals surface area (Å²) in [5, 5.41) is 9.51. The highest BCUT2D eigenvalue weighted by atomic mass is 16.5. The molecule has 0 amide bonds. The van der Waals surface area contributed by atoms with Crippen molar-refractivity contribution in [2.45, 2.75) is 0 Å². The van der Waals surface area contributed by atoms with Gasteiger partial charge in [0.15, 0.2) is 0 Å². The molecular weight excluding hydrogens is 208 g/mol. The van der Waals surface area contributed by atoms with Crippen LogP contribution in [0.4, 0.5) is 0 Å². The number of ether oxygens (including phenoxy) is 1. The number of fused-ring (bicyclic) bond motifs is 1. The van der Waals surface area contributed by atoms with Gasteiger partial charge < -0.3 is 9.84 Å². The van der Waals surface area contributed by atoms with Crippen molar-refractivity contribution in [3.63, 3.8) is 0 Å². The largest absolute Gasteiger partial charge is 0.475 e. The van der Waals surface area contributed by atoms with Crippen molar-refractivity contribution in [2.75, 3.05) is 13.2 Å². The van der Waals surface area contributed by atoms with Crippen molar-refractivity contribution < 1.29 is 9.84 Å². The van der Waals surface area contributed by atoms with E-state index in [2.05, 4.69) is 4.98 Å². The van der Waals surface area contributed by atoms with Gasteiger partial charge in [0.25, 0.3) is 5.56 Å². The van der Waals surface area contributed by atoms with E-state index in [0.717, 1.165) is 5.39 Å². The lowest BCUT2D eigenvalue weighted by Crippen LogP contribution is -2.16. The molecule has 0 aliphatic heterocycles. The van der Waals surface area contributed by atoms with Crippen LogP contribution in [0, 0.1) is 0 Å². The fourth-order valence-corrected chi connectivity index (χ4v) is 1.45. The van der Waals surface area contributed by atoms with E-state index in [-0.39, 0.29) is 18.8 Å². The first-order chi connectivity index (χ1) is 7.72. The Bertz CT molecular complexity index is 563. The zero-order valence-electron chi connectivity index (χ0n) is 8.88. The van der Waals surface area contributed by atoms with Gasteiger partial charge in [-0.2, -0.15) is 4.98 Å². The van der Waals surface area contributed by atoms with Gasteiger partial charge in [-0.15, -0.1) is 0 Å². The molecule has 0 atom stereocenters. The summed E-state index contributed by atoms with van der Waals surface area (Å²) < 4.78 is 6.64. The molecule has 0 radical (unpaired) electrons. The zero-order valence-corrected chi connectivity index (χ0v) is 8.88. The molecule has 0 aromatic carbocycles. The van der Waals surface area contributed by atoms with Crippen LogP contribution in [0.3, 0.4) is 0 Å². The summed E-state index contributed by atoms with van der Waals surface area (Å²) in [6.07, 6.45) is 0. The number of rotatable bonds is 3. The Hall–Kier alpha value is -1.88. The normalized spacial score (nSPS) is 10.6. The fraction of sp³-hybridized carbons (Fsp3) is 0.273. The van der Waals surface area contributed by atoms with Crippen LogP contribution in [0.25, 0.3) is 11.0 Å². The van der Waals surface area contributed by atoms with E-state index in [1.807, 2.05) is 6.07 Å². The minimum atomic E-state index is -0.112. The maximum Gasteiger partial charge on any atom is 0.251 e. The van der Waals surface area contributed by atoms with Crippen molar-refractivity contribution in [2.24, 2.45) is 7.05 Å². The SMILES string of the molecule is Cn1c(=O)ccc2ccc(OCCO)nc21. The van der Waals surface area contributed by atoms with Crippen LogP contribution in [0.2, 0.25) is 0 Å². The number of aliphatic hydroxyl groups excluding tert-OH is 1. The Labute approximate surface area is 91.9 Å². The van der Waals surface area contributed by atoms with Crippen molar-refractivity contribution >= 4 is 11.0 Å². The number of aromatic nitrogens is 2. The Morgan fingerprint density at radius 2 is 2.12 bits per heavy atom. The Morgan fingerprint density at radius 3 is 2.88 bits per heavy atom. The summed E-state index contributed by atoms with van der Waals surface area (Å²) >= 11 is 0. The first-order valence-electron chi connectivity index (χ1n) is 4.93. The zero-order chi connectivity index (χ0) is 11.5. The van der Waals surface area contributed by atoms with E-state index in [0.29, 0.717) is 11.5 Å². The van der Waals surface area contributed by atoms with Gasteiger partial charge in [-0.25, -0.2) is 0 Å². The molecule has 84 valence electrons.